The average Bonchev–Trinajstić information content (AvgIpc) is 2.54. The molecule has 0 heterocycles. The third-order valence-electron chi connectivity index (χ3n) is 2.98. The van der Waals surface area contributed by atoms with Crippen LogP contribution in [0.5, 0.6) is 5.75 Å². The summed E-state index contributed by atoms with van der Waals surface area (Å²) in [6, 6.07) is 15.8. The molecule has 0 fully saturated rings. The van der Waals surface area contributed by atoms with Gasteiger partial charge in [0.1, 0.15) is 12.4 Å². The largest absolute Gasteiger partial charge is 0.489 e. The number of rotatable bonds is 6. The smallest absolute Gasteiger partial charge is 0.171 e. The number of hydrogen-bond acceptors (Lipinski definition) is 2. The van der Waals surface area contributed by atoms with Gasteiger partial charge in [0.05, 0.1) is 0 Å². The second-order valence-corrected chi connectivity index (χ2v) is 6.53. The average molecular weight is 391 g/mol. The molecule has 0 atom stereocenters. The molecule has 2 aromatic rings. The van der Waals surface area contributed by atoms with Gasteiger partial charge >= 0.3 is 0 Å². The fourth-order valence-corrected chi connectivity index (χ4v) is 2.24. The Bertz CT molecular complexity index is 668. The maximum Gasteiger partial charge on any atom is 0.171 e. The van der Waals surface area contributed by atoms with Crippen LogP contribution in [0.4, 0.5) is 5.69 Å². The van der Waals surface area contributed by atoms with Crippen LogP contribution in [0, 0.1) is 0 Å². The Balaban J connectivity index is 1.83. The normalized spacial score (nSPS) is 10.0. The van der Waals surface area contributed by atoms with E-state index in [9.17, 15) is 0 Å². The van der Waals surface area contributed by atoms with Crippen molar-refractivity contribution in [2.45, 2.75) is 13.5 Å². The van der Waals surface area contributed by atoms with Gasteiger partial charge < -0.3 is 15.4 Å². The Morgan fingerprint density at radius 3 is 2.39 bits per heavy atom. The Hall–Kier alpha value is -1.85. The van der Waals surface area contributed by atoms with Crippen LogP contribution in [-0.2, 0) is 6.61 Å². The SMILES string of the molecule is C=C(C)CNC(=S)Nc1ccc(COc2ccc(Br)cc2)cc1. The van der Waals surface area contributed by atoms with Gasteiger partial charge in [0.25, 0.3) is 0 Å². The highest BCUT2D eigenvalue weighted by atomic mass is 79.9. The third-order valence-corrected chi connectivity index (χ3v) is 3.76. The highest BCUT2D eigenvalue weighted by Gasteiger charge is 2.00. The molecule has 0 unspecified atom stereocenters. The van der Waals surface area contributed by atoms with E-state index in [-0.39, 0.29) is 0 Å². The Morgan fingerprint density at radius 2 is 1.78 bits per heavy atom. The number of benzene rings is 2. The number of halogens is 1. The van der Waals surface area contributed by atoms with Crippen LogP contribution in [0.25, 0.3) is 0 Å². The zero-order valence-electron chi connectivity index (χ0n) is 12.9. The van der Waals surface area contributed by atoms with Crippen LogP contribution in [0.1, 0.15) is 12.5 Å². The molecular weight excluding hydrogens is 372 g/mol. The van der Waals surface area contributed by atoms with Gasteiger partial charge in [0, 0.05) is 16.7 Å². The molecule has 0 aliphatic heterocycles. The van der Waals surface area contributed by atoms with E-state index in [1.54, 1.807) is 0 Å². The lowest BCUT2D eigenvalue weighted by Crippen LogP contribution is -2.29. The lowest BCUT2D eigenvalue weighted by atomic mass is 10.2. The molecule has 23 heavy (non-hydrogen) atoms. The monoisotopic (exact) mass is 390 g/mol. The van der Waals surface area contributed by atoms with E-state index < -0.39 is 0 Å². The van der Waals surface area contributed by atoms with Crippen LogP contribution in [0.15, 0.2) is 65.2 Å². The lowest BCUT2D eigenvalue weighted by molar-refractivity contribution is 0.306. The van der Waals surface area contributed by atoms with E-state index in [0.29, 0.717) is 18.3 Å². The summed E-state index contributed by atoms with van der Waals surface area (Å²) < 4.78 is 6.78. The molecule has 5 heteroatoms. The van der Waals surface area contributed by atoms with E-state index in [1.165, 1.54) is 0 Å². The van der Waals surface area contributed by atoms with Crippen LogP contribution in [0.3, 0.4) is 0 Å². The second-order valence-electron chi connectivity index (χ2n) is 5.20. The molecule has 2 aromatic carbocycles. The minimum Gasteiger partial charge on any atom is -0.489 e. The fraction of sp³-hybridized carbons (Fsp3) is 0.167. The maximum atomic E-state index is 5.74. The summed E-state index contributed by atoms with van der Waals surface area (Å²) in [6.45, 7) is 6.98. The van der Waals surface area contributed by atoms with E-state index in [0.717, 1.165) is 27.0 Å². The first-order chi connectivity index (χ1) is 11.0. The number of ether oxygens (including phenoxy) is 1. The van der Waals surface area contributed by atoms with Gasteiger partial charge in [-0.15, -0.1) is 0 Å². The van der Waals surface area contributed by atoms with Gasteiger partial charge in [0.15, 0.2) is 5.11 Å². The van der Waals surface area contributed by atoms with Gasteiger partial charge in [-0.05, 0) is 61.1 Å². The van der Waals surface area contributed by atoms with E-state index in [4.69, 9.17) is 17.0 Å². The predicted molar refractivity (Wildman–Crippen MR) is 104 cm³/mol. The number of hydrogen-bond donors (Lipinski definition) is 2. The highest BCUT2D eigenvalue weighted by molar-refractivity contribution is 9.10. The molecule has 0 amide bonds. The molecule has 0 aromatic heterocycles. The van der Waals surface area contributed by atoms with Crippen molar-refractivity contribution in [1.82, 2.24) is 5.32 Å². The first kappa shape index (κ1) is 17.5. The number of anilines is 1. The highest BCUT2D eigenvalue weighted by Crippen LogP contribution is 2.18. The van der Waals surface area contributed by atoms with E-state index in [2.05, 4.69) is 33.1 Å². The Labute approximate surface area is 150 Å². The standard InChI is InChI=1S/C18H19BrN2OS/c1-13(2)11-20-18(23)21-16-7-3-14(4-8-16)12-22-17-9-5-15(19)6-10-17/h3-10H,1,11-12H2,2H3,(H2,20,21,23). The molecule has 0 saturated carbocycles. The molecule has 0 saturated heterocycles. The fourth-order valence-electron chi connectivity index (χ4n) is 1.79. The van der Waals surface area contributed by atoms with Crippen LogP contribution >= 0.6 is 28.1 Å². The summed E-state index contributed by atoms with van der Waals surface area (Å²) in [5, 5.41) is 6.82. The number of thiocarbonyl (C=S) groups is 1. The van der Waals surface area contributed by atoms with Crippen molar-refractivity contribution >= 4 is 38.9 Å². The minimum absolute atomic E-state index is 0.528. The first-order valence-electron chi connectivity index (χ1n) is 7.19. The Kier molecular flexibility index (Phi) is 6.62. The summed E-state index contributed by atoms with van der Waals surface area (Å²) in [7, 11) is 0. The summed E-state index contributed by atoms with van der Waals surface area (Å²) in [5.41, 5.74) is 3.07. The second kappa shape index (κ2) is 8.70. The maximum absolute atomic E-state index is 5.74. The number of nitrogens with one attached hydrogen (secondary N) is 2. The molecule has 3 nitrogen and oxygen atoms in total. The molecule has 0 aliphatic carbocycles. The van der Waals surface area contributed by atoms with Gasteiger partial charge in [0.2, 0.25) is 0 Å². The molecule has 0 bridgehead atoms. The quantitative estimate of drug-likeness (QED) is 0.543. The van der Waals surface area contributed by atoms with Crippen LogP contribution < -0.4 is 15.4 Å². The van der Waals surface area contributed by atoms with Crippen molar-refractivity contribution in [3.05, 3.63) is 70.7 Å². The third kappa shape index (κ3) is 6.42. The first-order valence-corrected chi connectivity index (χ1v) is 8.39. The molecule has 2 N–H and O–H groups in total. The topological polar surface area (TPSA) is 33.3 Å². The van der Waals surface area contributed by atoms with Crippen molar-refractivity contribution in [2.24, 2.45) is 0 Å². The van der Waals surface area contributed by atoms with Gasteiger partial charge in [-0.3, -0.25) is 0 Å². The molecule has 2 rings (SSSR count). The van der Waals surface area contributed by atoms with E-state index >= 15 is 0 Å². The van der Waals surface area contributed by atoms with Crippen molar-refractivity contribution < 1.29 is 4.74 Å². The van der Waals surface area contributed by atoms with Crippen molar-refractivity contribution in [2.75, 3.05) is 11.9 Å². The van der Waals surface area contributed by atoms with E-state index in [1.807, 2.05) is 55.5 Å². The summed E-state index contributed by atoms with van der Waals surface area (Å²) in [4.78, 5) is 0. The van der Waals surface area contributed by atoms with Gasteiger partial charge in [-0.25, -0.2) is 0 Å². The molecule has 0 aliphatic rings. The summed E-state index contributed by atoms with van der Waals surface area (Å²) >= 11 is 8.63. The van der Waals surface area contributed by atoms with Crippen molar-refractivity contribution in [3.8, 4) is 5.75 Å². The zero-order chi connectivity index (χ0) is 16.7. The lowest BCUT2D eigenvalue weighted by Gasteiger charge is -2.11. The predicted octanol–water partition coefficient (Wildman–Crippen LogP) is 4.89. The molecule has 0 radical (unpaired) electrons. The van der Waals surface area contributed by atoms with Gasteiger partial charge in [-0.2, -0.15) is 0 Å². The molecular formula is C18H19BrN2OS. The zero-order valence-corrected chi connectivity index (χ0v) is 15.3. The van der Waals surface area contributed by atoms with Crippen LogP contribution in [0.2, 0.25) is 0 Å². The summed E-state index contributed by atoms with van der Waals surface area (Å²) in [6.07, 6.45) is 0. The molecule has 120 valence electrons. The minimum atomic E-state index is 0.528. The molecule has 0 spiro atoms. The summed E-state index contributed by atoms with van der Waals surface area (Å²) in [5.74, 6) is 0.848. The van der Waals surface area contributed by atoms with Gasteiger partial charge in [-0.1, -0.05) is 40.2 Å². The Morgan fingerprint density at radius 1 is 1.13 bits per heavy atom. The van der Waals surface area contributed by atoms with Crippen molar-refractivity contribution in [3.63, 3.8) is 0 Å². The van der Waals surface area contributed by atoms with Crippen LogP contribution in [-0.4, -0.2) is 11.7 Å². The van der Waals surface area contributed by atoms with Crippen molar-refractivity contribution in [1.29, 1.82) is 0 Å².